The molecule has 2 atom stereocenters. The van der Waals surface area contributed by atoms with Crippen LogP contribution in [0.15, 0.2) is 6.20 Å². The molecule has 0 radical (unpaired) electrons. The number of anilines is 2. The van der Waals surface area contributed by atoms with Crippen LogP contribution >= 0.6 is 0 Å². The van der Waals surface area contributed by atoms with E-state index in [1.165, 1.54) is 0 Å². The summed E-state index contributed by atoms with van der Waals surface area (Å²) in [4.78, 5) is 40.5. The lowest BCUT2D eigenvalue weighted by Gasteiger charge is -2.51. The Balaban J connectivity index is 0.000000872. The maximum absolute atomic E-state index is 13.3. The van der Waals surface area contributed by atoms with Crippen LogP contribution in [0.3, 0.4) is 0 Å². The Morgan fingerprint density at radius 3 is 2.38 bits per heavy atom. The number of nitrogens with zero attached hydrogens (tertiary/aromatic N) is 4. The molecule has 0 aromatic carbocycles. The van der Waals surface area contributed by atoms with Crippen molar-refractivity contribution in [3.8, 4) is 0 Å². The predicted octanol–water partition coefficient (Wildman–Crippen LogP) is -0.844. The van der Waals surface area contributed by atoms with Gasteiger partial charge in [0.05, 0.1) is 36.6 Å². The Morgan fingerprint density at radius 1 is 1.35 bits per heavy atom. The number of carbonyl (C=O) groups excluding carboxylic acids is 1. The number of rotatable bonds is 4. The maximum Gasteiger partial charge on any atom is 0.290 e. The van der Waals surface area contributed by atoms with Crippen LogP contribution in [0.5, 0.6) is 0 Å². The van der Waals surface area contributed by atoms with Gasteiger partial charge in [-0.2, -0.15) is 4.98 Å². The zero-order valence-corrected chi connectivity index (χ0v) is 19.5. The number of aromatic nitrogens is 2. The second-order valence-electron chi connectivity index (χ2n) is 8.49. The van der Waals surface area contributed by atoms with E-state index in [1.54, 1.807) is 11.8 Å². The third kappa shape index (κ3) is 8.35. The van der Waals surface area contributed by atoms with E-state index in [0.717, 1.165) is 6.20 Å². The molecule has 34 heavy (non-hydrogen) atoms. The minimum atomic E-state index is -1.07. The fourth-order valence-corrected chi connectivity index (χ4v) is 3.95. The molecule has 6 N–H and O–H groups in total. The van der Waals surface area contributed by atoms with Crippen molar-refractivity contribution in [3.63, 3.8) is 0 Å². The number of aliphatic hydroxyl groups is 1. The van der Waals surface area contributed by atoms with Crippen LogP contribution in [0.2, 0.25) is 0 Å². The standard InChI is InChI=1S/C18H29FN6O3.2CH2O2/c1-17(27)11-18(28-10-13(17)22-14(26)9-24(2)3)4-6-25(7-5-18)16-21-8-12(19)15(20)23-16;2*2-1-3/h8,13,27H,4-7,9-11H2,1-3H3,(H,22,26)(H2,20,21,23);2*1H,(H,2,3)/t13-,17-;;/m0../s1. The van der Waals surface area contributed by atoms with Crippen molar-refractivity contribution in [3.05, 3.63) is 12.0 Å². The quantitative estimate of drug-likeness (QED) is 0.331. The molecular formula is C20H33FN6O7. The number of hydrogen-bond acceptors (Lipinski definition) is 10. The number of likely N-dealkylation sites (N-methyl/N-ethyl adjacent to an activating group) is 1. The van der Waals surface area contributed by atoms with Gasteiger partial charge in [-0.05, 0) is 33.9 Å². The summed E-state index contributed by atoms with van der Waals surface area (Å²) in [5.41, 5.74) is 4.00. The van der Waals surface area contributed by atoms with Crippen LogP contribution in [0.4, 0.5) is 16.2 Å². The summed E-state index contributed by atoms with van der Waals surface area (Å²) in [6.45, 7) is 2.98. The fraction of sp³-hybridized carbons (Fsp3) is 0.650. The van der Waals surface area contributed by atoms with Crippen LogP contribution < -0.4 is 16.0 Å². The third-order valence-corrected chi connectivity index (χ3v) is 5.50. The minimum Gasteiger partial charge on any atom is -0.483 e. The highest BCUT2D eigenvalue weighted by molar-refractivity contribution is 5.78. The summed E-state index contributed by atoms with van der Waals surface area (Å²) in [6, 6.07) is -0.455. The number of nitrogens with one attached hydrogen (secondary N) is 1. The summed E-state index contributed by atoms with van der Waals surface area (Å²) in [7, 11) is 3.63. The number of nitrogen functional groups attached to an aromatic ring is 1. The van der Waals surface area contributed by atoms with Crippen molar-refractivity contribution < 1.29 is 38.8 Å². The summed E-state index contributed by atoms with van der Waals surface area (Å²) < 4.78 is 19.4. The predicted molar refractivity (Wildman–Crippen MR) is 120 cm³/mol. The van der Waals surface area contributed by atoms with Crippen LogP contribution in [-0.4, -0.2) is 107 Å². The van der Waals surface area contributed by atoms with E-state index in [-0.39, 0.29) is 37.8 Å². The average molecular weight is 489 g/mol. The highest BCUT2D eigenvalue weighted by atomic mass is 19.1. The molecule has 0 unspecified atom stereocenters. The number of piperidine rings is 1. The van der Waals surface area contributed by atoms with Crippen LogP contribution in [0.25, 0.3) is 0 Å². The monoisotopic (exact) mass is 488 g/mol. The highest BCUT2D eigenvalue weighted by Crippen LogP contribution is 2.40. The van der Waals surface area contributed by atoms with Gasteiger partial charge in [-0.15, -0.1) is 0 Å². The van der Waals surface area contributed by atoms with Gasteiger partial charge in [0.25, 0.3) is 12.9 Å². The van der Waals surface area contributed by atoms with Crippen molar-refractivity contribution in [2.45, 2.75) is 43.4 Å². The summed E-state index contributed by atoms with van der Waals surface area (Å²) in [5, 5.41) is 27.6. The topological polar surface area (TPSA) is 191 Å². The second-order valence-corrected chi connectivity index (χ2v) is 8.49. The Kier molecular flexibility index (Phi) is 11.0. The van der Waals surface area contributed by atoms with Crippen molar-refractivity contribution in [2.24, 2.45) is 0 Å². The molecule has 2 aliphatic heterocycles. The number of amides is 1. The summed E-state index contributed by atoms with van der Waals surface area (Å²) >= 11 is 0. The SMILES string of the molecule is CN(C)CC(=O)N[C@H]1COC2(CCN(c3ncc(F)c(N)n3)CC2)C[C@]1(C)O.O=CO.O=CO. The summed E-state index contributed by atoms with van der Waals surface area (Å²) in [6.07, 6.45) is 2.84. The molecule has 3 heterocycles. The Labute approximate surface area is 196 Å². The first-order chi connectivity index (χ1) is 15.9. The number of carbonyl (C=O) groups is 3. The van der Waals surface area contributed by atoms with Crippen molar-refractivity contribution in [1.82, 2.24) is 20.2 Å². The second kappa shape index (κ2) is 13.0. The van der Waals surface area contributed by atoms with E-state index in [2.05, 4.69) is 15.3 Å². The molecular weight excluding hydrogens is 455 g/mol. The van der Waals surface area contributed by atoms with Gasteiger partial charge >= 0.3 is 0 Å². The molecule has 0 aliphatic carbocycles. The van der Waals surface area contributed by atoms with Gasteiger partial charge in [-0.3, -0.25) is 14.4 Å². The molecule has 1 aromatic rings. The molecule has 192 valence electrons. The molecule has 2 saturated heterocycles. The molecule has 2 fully saturated rings. The molecule has 1 amide bonds. The van der Waals surface area contributed by atoms with Crippen LogP contribution in [0.1, 0.15) is 26.2 Å². The number of halogens is 1. The molecule has 1 spiro atoms. The highest BCUT2D eigenvalue weighted by Gasteiger charge is 2.49. The molecule has 14 heteroatoms. The van der Waals surface area contributed by atoms with E-state index in [1.807, 2.05) is 19.0 Å². The lowest BCUT2D eigenvalue weighted by molar-refractivity contribution is -0.181. The molecule has 3 rings (SSSR count). The van der Waals surface area contributed by atoms with E-state index >= 15 is 0 Å². The number of carboxylic acid groups (broad SMARTS) is 2. The summed E-state index contributed by atoms with van der Waals surface area (Å²) in [5.74, 6) is -0.550. The maximum atomic E-state index is 13.3. The number of hydrogen-bond donors (Lipinski definition) is 5. The zero-order valence-electron chi connectivity index (χ0n) is 19.5. The first-order valence-electron chi connectivity index (χ1n) is 10.4. The molecule has 13 nitrogen and oxygen atoms in total. The smallest absolute Gasteiger partial charge is 0.290 e. The molecule has 0 bridgehead atoms. The largest absolute Gasteiger partial charge is 0.483 e. The Morgan fingerprint density at radius 2 is 1.91 bits per heavy atom. The fourth-order valence-electron chi connectivity index (χ4n) is 3.95. The van der Waals surface area contributed by atoms with E-state index in [4.69, 9.17) is 30.3 Å². The van der Waals surface area contributed by atoms with Gasteiger partial charge in [-0.1, -0.05) is 0 Å². The first-order valence-corrected chi connectivity index (χ1v) is 10.4. The molecule has 1 aromatic heterocycles. The van der Waals surface area contributed by atoms with Gasteiger partial charge in [0.1, 0.15) is 0 Å². The zero-order chi connectivity index (χ0) is 25.9. The average Bonchev–Trinajstić information content (AvgIpc) is 2.73. The van der Waals surface area contributed by atoms with Gasteiger partial charge in [0.2, 0.25) is 11.9 Å². The van der Waals surface area contributed by atoms with Gasteiger partial charge in [0, 0.05) is 19.5 Å². The first kappa shape index (κ1) is 28.9. The lowest BCUT2D eigenvalue weighted by atomic mass is 9.76. The van der Waals surface area contributed by atoms with Crippen LogP contribution in [0, 0.1) is 5.82 Å². The minimum absolute atomic E-state index is 0.143. The van der Waals surface area contributed by atoms with Crippen molar-refractivity contribution >= 4 is 30.6 Å². The lowest BCUT2D eigenvalue weighted by Crippen LogP contribution is -2.64. The number of nitrogens with two attached hydrogens (primary N) is 1. The van der Waals surface area contributed by atoms with E-state index in [0.29, 0.717) is 38.3 Å². The number of ether oxygens (including phenoxy) is 1. The molecule has 2 aliphatic rings. The van der Waals surface area contributed by atoms with Gasteiger partial charge < -0.3 is 40.9 Å². The van der Waals surface area contributed by atoms with Crippen molar-refractivity contribution in [1.29, 1.82) is 0 Å². The Hall–Kier alpha value is -3.10. The van der Waals surface area contributed by atoms with Crippen molar-refractivity contribution in [2.75, 3.05) is 51.0 Å². The Bertz CT molecular complexity index is 813. The van der Waals surface area contributed by atoms with Gasteiger partial charge in [0.15, 0.2) is 11.6 Å². The van der Waals surface area contributed by atoms with Gasteiger partial charge in [-0.25, -0.2) is 9.37 Å². The normalized spacial score (nSPS) is 23.1. The van der Waals surface area contributed by atoms with E-state index < -0.39 is 23.1 Å². The molecule has 0 saturated carbocycles. The van der Waals surface area contributed by atoms with E-state index in [9.17, 15) is 14.3 Å². The van der Waals surface area contributed by atoms with Crippen LogP contribution in [-0.2, 0) is 19.1 Å². The third-order valence-electron chi connectivity index (χ3n) is 5.50.